The van der Waals surface area contributed by atoms with E-state index >= 15 is 0 Å². The first-order valence-electron chi connectivity index (χ1n) is 4.79. The maximum absolute atomic E-state index is 4.20. The van der Waals surface area contributed by atoms with Crippen LogP contribution in [0.25, 0.3) is 0 Å². The van der Waals surface area contributed by atoms with Crippen molar-refractivity contribution < 1.29 is 0 Å². The predicted molar refractivity (Wildman–Crippen MR) is 53.5 cm³/mol. The lowest BCUT2D eigenvalue weighted by molar-refractivity contribution is 0.508. The van der Waals surface area contributed by atoms with Crippen LogP contribution in [-0.2, 0) is 6.42 Å². The maximum atomic E-state index is 4.20. The molecular weight excluding hydrogens is 162 g/mol. The van der Waals surface area contributed by atoms with Gasteiger partial charge in [0.25, 0.3) is 0 Å². The number of hydrogen-bond acceptors (Lipinski definition) is 3. The minimum atomic E-state index is 0.542. The molecule has 0 aliphatic rings. The van der Waals surface area contributed by atoms with Crippen molar-refractivity contribution in [3.63, 3.8) is 0 Å². The molecule has 1 aromatic rings. The number of hydrogen-bond donors (Lipinski definition) is 1. The third-order valence-corrected chi connectivity index (χ3v) is 2.14. The summed E-state index contributed by atoms with van der Waals surface area (Å²) in [4.78, 5) is 8.09. The smallest absolute Gasteiger partial charge is 0.115 e. The molecule has 1 unspecified atom stereocenters. The highest BCUT2D eigenvalue weighted by Crippen LogP contribution is 2.03. The third-order valence-electron chi connectivity index (χ3n) is 2.14. The van der Waals surface area contributed by atoms with Crippen molar-refractivity contribution in [3.05, 3.63) is 24.3 Å². The van der Waals surface area contributed by atoms with Crippen molar-refractivity contribution in [2.24, 2.45) is 0 Å². The Morgan fingerprint density at radius 1 is 1.54 bits per heavy atom. The summed E-state index contributed by atoms with van der Waals surface area (Å²) in [6.45, 7) is 2.20. The third kappa shape index (κ3) is 3.51. The average molecular weight is 179 g/mol. The van der Waals surface area contributed by atoms with Crippen molar-refractivity contribution in [1.29, 1.82) is 0 Å². The lowest BCUT2D eigenvalue weighted by Crippen LogP contribution is -2.27. The summed E-state index contributed by atoms with van der Waals surface area (Å²) < 4.78 is 0. The average Bonchev–Trinajstić information content (AvgIpc) is 2.19. The number of likely N-dealkylation sites (N-methyl/N-ethyl adjacent to an activating group) is 1. The summed E-state index contributed by atoms with van der Waals surface area (Å²) in [5, 5.41) is 3.29. The van der Waals surface area contributed by atoms with Crippen LogP contribution >= 0.6 is 0 Å². The van der Waals surface area contributed by atoms with Gasteiger partial charge in [-0.1, -0.05) is 13.3 Å². The molecule has 0 aliphatic carbocycles. The molecule has 1 aromatic heterocycles. The fourth-order valence-electron chi connectivity index (χ4n) is 1.39. The van der Waals surface area contributed by atoms with Gasteiger partial charge in [0, 0.05) is 24.4 Å². The van der Waals surface area contributed by atoms with Crippen LogP contribution in [0.15, 0.2) is 18.6 Å². The van der Waals surface area contributed by atoms with Crippen molar-refractivity contribution in [2.45, 2.75) is 32.2 Å². The van der Waals surface area contributed by atoms with Crippen molar-refractivity contribution in [3.8, 4) is 0 Å². The molecule has 3 nitrogen and oxygen atoms in total. The van der Waals surface area contributed by atoms with Gasteiger partial charge in [-0.15, -0.1) is 0 Å². The summed E-state index contributed by atoms with van der Waals surface area (Å²) in [6.07, 6.45) is 6.79. The SMILES string of the molecule is CCCC(Cc1ccncn1)NC. The Morgan fingerprint density at radius 2 is 2.38 bits per heavy atom. The molecule has 0 amide bonds. The number of aromatic nitrogens is 2. The van der Waals surface area contributed by atoms with Gasteiger partial charge in [-0.3, -0.25) is 0 Å². The first kappa shape index (κ1) is 10.1. The van der Waals surface area contributed by atoms with E-state index < -0.39 is 0 Å². The van der Waals surface area contributed by atoms with Gasteiger partial charge < -0.3 is 5.32 Å². The molecule has 0 saturated carbocycles. The van der Waals surface area contributed by atoms with Crippen LogP contribution in [0.2, 0.25) is 0 Å². The summed E-state index contributed by atoms with van der Waals surface area (Å²) in [7, 11) is 2.00. The molecule has 1 heterocycles. The van der Waals surface area contributed by atoms with Crippen molar-refractivity contribution in [2.75, 3.05) is 7.05 Å². The Hall–Kier alpha value is -0.960. The minimum absolute atomic E-state index is 0.542. The van der Waals surface area contributed by atoms with Gasteiger partial charge in [0.05, 0.1) is 0 Å². The van der Waals surface area contributed by atoms with E-state index in [4.69, 9.17) is 0 Å². The Kier molecular flexibility index (Phi) is 4.40. The maximum Gasteiger partial charge on any atom is 0.115 e. The van der Waals surface area contributed by atoms with Crippen molar-refractivity contribution >= 4 is 0 Å². The van der Waals surface area contributed by atoms with Gasteiger partial charge in [0.2, 0.25) is 0 Å². The first-order chi connectivity index (χ1) is 6.36. The van der Waals surface area contributed by atoms with E-state index in [1.54, 1.807) is 12.5 Å². The van der Waals surface area contributed by atoms with Crippen LogP contribution in [0, 0.1) is 0 Å². The predicted octanol–water partition coefficient (Wildman–Crippen LogP) is 1.41. The standard InChI is InChI=1S/C10H17N3/c1-3-4-9(11-2)7-10-5-6-12-8-13-10/h5-6,8-9,11H,3-4,7H2,1-2H3. The molecule has 1 atom stereocenters. The second-order valence-electron chi connectivity index (χ2n) is 3.18. The molecular formula is C10H17N3. The summed E-state index contributed by atoms with van der Waals surface area (Å²) in [6, 6.07) is 2.51. The fraction of sp³-hybridized carbons (Fsp3) is 0.600. The molecule has 72 valence electrons. The summed E-state index contributed by atoms with van der Waals surface area (Å²) >= 11 is 0. The van der Waals surface area contributed by atoms with Gasteiger partial charge in [0.1, 0.15) is 6.33 Å². The number of nitrogens with one attached hydrogen (secondary N) is 1. The molecule has 13 heavy (non-hydrogen) atoms. The van der Waals surface area contributed by atoms with Crippen LogP contribution in [0.4, 0.5) is 0 Å². The highest BCUT2D eigenvalue weighted by molar-refractivity contribution is 5.00. The largest absolute Gasteiger partial charge is 0.317 e. The fourth-order valence-corrected chi connectivity index (χ4v) is 1.39. The highest BCUT2D eigenvalue weighted by Gasteiger charge is 2.05. The lowest BCUT2D eigenvalue weighted by Gasteiger charge is -2.13. The van der Waals surface area contributed by atoms with Gasteiger partial charge in [-0.25, -0.2) is 9.97 Å². The van der Waals surface area contributed by atoms with Crippen LogP contribution in [0.1, 0.15) is 25.5 Å². The van der Waals surface area contributed by atoms with E-state index in [2.05, 4.69) is 22.2 Å². The number of nitrogens with zero attached hydrogens (tertiary/aromatic N) is 2. The zero-order chi connectivity index (χ0) is 9.52. The zero-order valence-electron chi connectivity index (χ0n) is 8.33. The van der Waals surface area contributed by atoms with Crippen LogP contribution < -0.4 is 5.32 Å². The molecule has 1 N–H and O–H groups in total. The highest BCUT2D eigenvalue weighted by atomic mass is 14.9. The van der Waals surface area contributed by atoms with E-state index in [1.807, 2.05) is 13.1 Å². The molecule has 0 spiro atoms. The van der Waals surface area contributed by atoms with Crippen LogP contribution in [-0.4, -0.2) is 23.1 Å². The van der Waals surface area contributed by atoms with Gasteiger partial charge in [-0.05, 0) is 19.5 Å². The second kappa shape index (κ2) is 5.65. The van der Waals surface area contributed by atoms with Crippen LogP contribution in [0.3, 0.4) is 0 Å². The molecule has 0 bridgehead atoms. The molecule has 1 rings (SSSR count). The molecule has 0 saturated heterocycles. The Balaban J connectivity index is 2.46. The van der Waals surface area contributed by atoms with Gasteiger partial charge in [-0.2, -0.15) is 0 Å². The Labute approximate surface area is 79.6 Å². The molecule has 0 radical (unpaired) electrons. The normalized spacial score (nSPS) is 12.8. The zero-order valence-corrected chi connectivity index (χ0v) is 8.33. The summed E-state index contributed by atoms with van der Waals surface area (Å²) in [5.74, 6) is 0. The van der Waals surface area contributed by atoms with Crippen LogP contribution in [0.5, 0.6) is 0 Å². The summed E-state index contributed by atoms with van der Waals surface area (Å²) in [5.41, 5.74) is 1.11. The Bertz CT molecular complexity index is 223. The minimum Gasteiger partial charge on any atom is -0.317 e. The lowest BCUT2D eigenvalue weighted by atomic mass is 10.1. The molecule has 3 heteroatoms. The van der Waals surface area contributed by atoms with Crippen molar-refractivity contribution in [1.82, 2.24) is 15.3 Å². The van der Waals surface area contributed by atoms with Gasteiger partial charge >= 0.3 is 0 Å². The first-order valence-corrected chi connectivity index (χ1v) is 4.79. The second-order valence-corrected chi connectivity index (χ2v) is 3.18. The monoisotopic (exact) mass is 179 g/mol. The van der Waals surface area contributed by atoms with E-state index in [-0.39, 0.29) is 0 Å². The van der Waals surface area contributed by atoms with Gasteiger partial charge in [0.15, 0.2) is 0 Å². The van der Waals surface area contributed by atoms with E-state index in [9.17, 15) is 0 Å². The van der Waals surface area contributed by atoms with E-state index in [1.165, 1.54) is 12.8 Å². The number of rotatable bonds is 5. The van der Waals surface area contributed by atoms with E-state index in [0.29, 0.717) is 6.04 Å². The molecule has 0 aliphatic heterocycles. The molecule has 0 fully saturated rings. The Morgan fingerprint density at radius 3 is 2.92 bits per heavy atom. The van der Waals surface area contributed by atoms with E-state index in [0.717, 1.165) is 12.1 Å². The molecule has 0 aromatic carbocycles. The topological polar surface area (TPSA) is 37.8 Å². The quantitative estimate of drug-likeness (QED) is 0.742.